The van der Waals surface area contributed by atoms with E-state index in [9.17, 15) is 9.59 Å². The molecule has 0 aromatic heterocycles. The third kappa shape index (κ3) is 6.86. The second kappa shape index (κ2) is 13.2. The number of carbonyl (C=O) groups excluding carboxylic acids is 2. The molecule has 8 heteroatoms. The Bertz CT molecular complexity index is 1280. The molecule has 8 nitrogen and oxygen atoms in total. The highest BCUT2D eigenvalue weighted by atomic mass is 16.5. The molecule has 2 aliphatic rings. The molecule has 1 saturated heterocycles. The summed E-state index contributed by atoms with van der Waals surface area (Å²) >= 11 is 0. The van der Waals surface area contributed by atoms with Gasteiger partial charge in [-0.25, -0.2) is 4.79 Å². The molecule has 40 heavy (non-hydrogen) atoms. The number of anilines is 3. The smallest absolute Gasteiger partial charge is 0.319 e. The van der Waals surface area contributed by atoms with Crippen LogP contribution in [0.4, 0.5) is 21.9 Å². The largest absolute Gasteiger partial charge is 0.495 e. The Hall–Kier alpha value is -4.20. The van der Waals surface area contributed by atoms with E-state index in [1.807, 2.05) is 66.7 Å². The van der Waals surface area contributed by atoms with E-state index in [2.05, 4.69) is 31.8 Å². The fraction of sp³-hybridized carbons (Fsp3) is 0.375. The number of para-hydroxylation sites is 2. The van der Waals surface area contributed by atoms with Crippen LogP contribution >= 0.6 is 0 Å². The number of carbonyl (C=O) groups is 2. The predicted octanol–water partition coefficient (Wildman–Crippen LogP) is 5.41. The first-order chi connectivity index (χ1) is 19.6. The van der Waals surface area contributed by atoms with Crippen LogP contribution in [0.2, 0.25) is 0 Å². The Morgan fingerprint density at radius 1 is 0.825 bits per heavy atom. The van der Waals surface area contributed by atoms with Crippen LogP contribution in [0.3, 0.4) is 0 Å². The molecule has 1 saturated carbocycles. The van der Waals surface area contributed by atoms with Gasteiger partial charge >= 0.3 is 6.03 Å². The van der Waals surface area contributed by atoms with E-state index in [1.165, 1.54) is 6.42 Å². The quantitative estimate of drug-likeness (QED) is 0.355. The number of nitrogens with zero attached hydrogens (tertiary/aromatic N) is 2. The molecule has 0 bridgehead atoms. The zero-order valence-electron chi connectivity index (χ0n) is 23.2. The summed E-state index contributed by atoms with van der Waals surface area (Å²) in [5.41, 5.74) is 4.19. The van der Waals surface area contributed by atoms with Gasteiger partial charge in [-0.2, -0.15) is 0 Å². The Labute approximate surface area is 236 Å². The average molecular weight is 542 g/mol. The fourth-order valence-electron chi connectivity index (χ4n) is 5.61. The molecule has 210 valence electrons. The number of benzene rings is 3. The molecule has 3 N–H and O–H groups in total. The number of piperazine rings is 1. The third-order valence-corrected chi connectivity index (χ3v) is 7.78. The van der Waals surface area contributed by atoms with Crippen LogP contribution < -0.4 is 30.5 Å². The highest BCUT2D eigenvalue weighted by Gasteiger charge is 2.25. The summed E-state index contributed by atoms with van der Waals surface area (Å²) in [6.07, 6.45) is 5.54. The summed E-state index contributed by atoms with van der Waals surface area (Å²) in [5.74, 6) is 0.784. The van der Waals surface area contributed by atoms with Gasteiger partial charge in [0.2, 0.25) is 0 Å². The lowest BCUT2D eigenvalue weighted by Gasteiger charge is -2.38. The van der Waals surface area contributed by atoms with Crippen molar-refractivity contribution in [2.75, 3.05) is 48.4 Å². The van der Waals surface area contributed by atoms with E-state index in [4.69, 9.17) is 4.74 Å². The van der Waals surface area contributed by atoms with Crippen molar-refractivity contribution in [2.24, 2.45) is 0 Å². The van der Waals surface area contributed by atoms with Crippen LogP contribution in [0, 0.1) is 0 Å². The molecule has 1 aliphatic heterocycles. The number of nitrogens with one attached hydrogen (secondary N) is 3. The maximum absolute atomic E-state index is 13.6. The lowest BCUT2D eigenvalue weighted by atomic mass is 9.95. The molecule has 0 spiro atoms. The van der Waals surface area contributed by atoms with Crippen molar-refractivity contribution in [1.82, 2.24) is 10.6 Å². The highest BCUT2D eigenvalue weighted by molar-refractivity contribution is 6.02. The van der Waals surface area contributed by atoms with Crippen molar-refractivity contribution < 1.29 is 14.3 Å². The van der Waals surface area contributed by atoms with Crippen molar-refractivity contribution in [3.8, 4) is 5.75 Å². The minimum absolute atomic E-state index is 0.0811. The van der Waals surface area contributed by atoms with Crippen LogP contribution in [0.1, 0.15) is 48.0 Å². The molecule has 2 fully saturated rings. The molecule has 5 rings (SSSR count). The van der Waals surface area contributed by atoms with Gasteiger partial charge in [0.1, 0.15) is 5.75 Å². The Kier molecular flexibility index (Phi) is 9.06. The van der Waals surface area contributed by atoms with Gasteiger partial charge in [0.25, 0.3) is 5.91 Å². The van der Waals surface area contributed by atoms with Crippen molar-refractivity contribution in [3.05, 3.63) is 83.9 Å². The molecule has 0 atom stereocenters. The summed E-state index contributed by atoms with van der Waals surface area (Å²) in [6.45, 7) is 3.59. The minimum atomic E-state index is -0.305. The summed E-state index contributed by atoms with van der Waals surface area (Å²) < 4.78 is 5.57. The van der Waals surface area contributed by atoms with Crippen LogP contribution in [0.25, 0.3) is 0 Å². The Morgan fingerprint density at radius 3 is 2.23 bits per heavy atom. The van der Waals surface area contributed by atoms with Crippen molar-refractivity contribution in [1.29, 1.82) is 0 Å². The topological polar surface area (TPSA) is 85.9 Å². The van der Waals surface area contributed by atoms with E-state index < -0.39 is 0 Å². The number of hydrogen-bond acceptors (Lipinski definition) is 5. The van der Waals surface area contributed by atoms with E-state index in [-0.39, 0.29) is 18.0 Å². The average Bonchev–Trinajstić information content (AvgIpc) is 3.01. The van der Waals surface area contributed by atoms with Gasteiger partial charge in [0.15, 0.2) is 0 Å². The van der Waals surface area contributed by atoms with Crippen LogP contribution in [0.15, 0.2) is 72.8 Å². The molecule has 1 heterocycles. The van der Waals surface area contributed by atoms with Crippen molar-refractivity contribution in [3.63, 3.8) is 0 Å². The van der Waals surface area contributed by atoms with Gasteiger partial charge in [-0.15, -0.1) is 0 Å². The SMILES string of the molecule is COc1ccccc1N1CCN(c2ccc(NC(=O)NCc3ccccc3)cc2C(=O)NC2CCCCC2)CC1. The van der Waals surface area contributed by atoms with Crippen molar-refractivity contribution >= 4 is 29.0 Å². The van der Waals surface area contributed by atoms with E-state index in [0.717, 1.165) is 74.6 Å². The van der Waals surface area contributed by atoms with Gasteiger partial charge in [0.05, 0.1) is 18.4 Å². The van der Waals surface area contributed by atoms with E-state index in [1.54, 1.807) is 7.11 Å². The third-order valence-electron chi connectivity index (χ3n) is 7.78. The minimum Gasteiger partial charge on any atom is -0.495 e. The molecule has 1 aliphatic carbocycles. The first kappa shape index (κ1) is 27.4. The number of urea groups is 1. The number of amides is 3. The lowest BCUT2D eigenvalue weighted by Crippen LogP contribution is -2.47. The number of hydrogen-bond donors (Lipinski definition) is 3. The second-order valence-corrected chi connectivity index (χ2v) is 10.5. The van der Waals surface area contributed by atoms with E-state index >= 15 is 0 Å². The molecule has 3 aromatic carbocycles. The summed E-state index contributed by atoms with van der Waals surface area (Å²) in [5, 5.41) is 9.08. The molecule has 3 amide bonds. The second-order valence-electron chi connectivity index (χ2n) is 10.5. The van der Waals surface area contributed by atoms with Crippen LogP contribution in [0.5, 0.6) is 5.75 Å². The fourth-order valence-corrected chi connectivity index (χ4v) is 5.61. The van der Waals surface area contributed by atoms with Gasteiger partial charge < -0.3 is 30.5 Å². The zero-order valence-corrected chi connectivity index (χ0v) is 23.2. The molecule has 0 radical (unpaired) electrons. The normalized spacial score (nSPS) is 15.8. The first-order valence-electron chi connectivity index (χ1n) is 14.3. The van der Waals surface area contributed by atoms with Crippen LogP contribution in [-0.4, -0.2) is 51.3 Å². The molecular weight excluding hydrogens is 502 g/mol. The number of methoxy groups -OCH3 is 1. The standard InChI is InChI=1S/C32H39N5O3/c1-40-30-15-9-8-14-29(30)37-20-18-36(19-21-37)28-17-16-26(35-32(39)33-23-24-10-4-2-5-11-24)22-27(28)31(38)34-25-12-6-3-7-13-25/h2,4-5,8-11,14-17,22,25H,3,6-7,12-13,18-21,23H2,1H3,(H,34,38)(H2,33,35,39). The summed E-state index contributed by atoms with van der Waals surface area (Å²) in [6, 6.07) is 23.4. The van der Waals surface area contributed by atoms with Crippen LogP contribution in [-0.2, 0) is 6.54 Å². The maximum atomic E-state index is 13.6. The number of ether oxygens (including phenoxy) is 1. The Balaban J connectivity index is 1.30. The van der Waals surface area contributed by atoms with Gasteiger partial charge in [-0.05, 0) is 48.7 Å². The summed E-state index contributed by atoms with van der Waals surface area (Å²) in [4.78, 5) is 30.8. The zero-order chi connectivity index (χ0) is 27.7. The monoisotopic (exact) mass is 541 g/mol. The molecule has 0 unspecified atom stereocenters. The lowest BCUT2D eigenvalue weighted by molar-refractivity contribution is 0.0928. The molecular formula is C32H39N5O3. The highest BCUT2D eigenvalue weighted by Crippen LogP contribution is 2.31. The summed E-state index contributed by atoms with van der Waals surface area (Å²) in [7, 11) is 1.70. The maximum Gasteiger partial charge on any atom is 0.319 e. The van der Waals surface area contributed by atoms with Crippen molar-refractivity contribution in [2.45, 2.75) is 44.7 Å². The first-order valence-corrected chi connectivity index (χ1v) is 14.3. The number of rotatable bonds is 8. The van der Waals surface area contributed by atoms with Gasteiger partial charge in [-0.3, -0.25) is 4.79 Å². The predicted molar refractivity (Wildman–Crippen MR) is 161 cm³/mol. The van der Waals surface area contributed by atoms with Gasteiger partial charge in [-0.1, -0.05) is 61.7 Å². The Morgan fingerprint density at radius 2 is 1.50 bits per heavy atom. The van der Waals surface area contributed by atoms with Gasteiger partial charge in [0, 0.05) is 50.1 Å². The van der Waals surface area contributed by atoms with E-state index in [0.29, 0.717) is 17.8 Å². The molecule has 3 aromatic rings.